The Morgan fingerprint density at radius 2 is 2.08 bits per heavy atom. The molecule has 132 valence electrons. The van der Waals surface area contributed by atoms with Gasteiger partial charge in [0.05, 0.1) is 48.9 Å². The number of anilines is 1. The second-order valence-corrected chi connectivity index (χ2v) is 6.45. The second kappa shape index (κ2) is 5.79. The number of piperidine rings is 1. The third-order valence-electron chi connectivity index (χ3n) is 4.84. The number of imidazole rings is 1. The lowest BCUT2D eigenvalue weighted by Gasteiger charge is -2.21. The third-order valence-corrected chi connectivity index (χ3v) is 4.84. The van der Waals surface area contributed by atoms with Crippen molar-refractivity contribution in [2.75, 3.05) is 24.6 Å². The number of pyridine rings is 1. The molecule has 1 aliphatic heterocycles. The molecule has 0 aromatic carbocycles. The Hall–Kier alpha value is -2.51. The fraction of sp³-hybridized carbons (Fsp3) is 0.471. The van der Waals surface area contributed by atoms with Gasteiger partial charge in [0.2, 0.25) is 0 Å². The predicted octanol–water partition coefficient (Wildman–Crippen LogP) is 2.20. The number of rotatable bonds is 5. The summed E-state index contributed by atoms with van der Waals surface area (Å²) in [5.74, 6) is -3.92. The highest BCUT2D eigenvalue weighted by Gasteiger charge is 2.71. The molecular weight excluding hydrogens is 330 g/mol. The fourth-order valence-electron chi connectivity index (χ4n) is 3.36. The number of alkyl halides is 2. The van der Waals surface area contributed by atoms with Gasteiger partial charge in [-0.2, -0.15) is 0 Å². The van der Waals surface area contributed by atoms with E-state index in [0.717, 1.165) is 11.4 Å². The summed E-state index contributed by atoms with van der Waals surface area (Å²) in [7, 11) is 0. The first-order chi connectivity index (χ1) is 12.0. The summed E-state index contributed by atoms with van der Waals surface area (Å²) in [6.07, 6.45) is 4.88. The summed E-state index contributed by atoms with van der Waals surface area (Å²) in [6.45, 7) is 3.30. The lowest BCUT2D eigenvalue weighted by atomic mass is 10.3. The van der Waals surface area contributed by atoms with Crippen molar-refractivity contribution >= 4 is 11.7 Å². The van der Waals surface area contributed by atoms with E-state index in [1.807, 2.05) is 17.0 Å². The molecule has 0 radical (unpaired) electrons. The summed E-state index contributed by atoms with van der Waals surface area (Å²) in [6, 6.07) is 3.76. The van der Waals surface area contributed by atoms with Gasteiger partial charge in [-0.25, -0.2) is 18.6 Å². The molecule has 2 aliphatic rings. The first-order valence-electron chi connectivity index (χ1n) is 8.25. The number of ether oxygens (including phenoxy) is 1. The van der Waals surface area contributed by atoms with Crippen LogP contribution in [-0.2, 0) is 11.3 Å². The van der Waals surface area contributed by atoms with Gasteiger partial charge in [0, 0.05) is 19.3 Å². The number of aromatic nitrogens is 3. The molecule has 0 spiro atoms. The average Bonchev–Trinajstić information content (AvgIpc) is 3.05. The molecule has 6 nitrogen and oxygen atoms in total. The van der Waals surface area contributed by atoms with Crippen LogP contribution in [-0.4, -0.2) is 46.1 Å². The van der Waals surface area contributed by atoms with Crippen LogP contribution in [0.5, 0.6) is 0 Å². The average molecular weight is 348 g/mol. The highest BCUT2D eigenvalue weighted by Crippen LogP contribution is 2.59. The van der Waals surface area contributed by atoms with Crippen molar-refractivity contribution in [3.05, 3.63) is 42.2 Å². The van der Waals surface area contributed by atoms with E-state index in [1.54, 1.807) is 30.2 Å². The topological polar surface area (TPSA) is 60.2 Å². The van der Waals surface area contributed by atoms with Gasteiger partial charge in [-0.3, -0.25) is 4.98 Å². The number of esters is 1. The highest BCUT2D eigenvalue weighted by molar-refractivity contribution is 5.86. The van der Waals surface area contributed by atoms with Crippen LogP contribution in [0, 0.1) is 11.8 Å². The van der Waals surface area contributed by atoms with Crippen molar-refractivity contribution < 1.29 is 18.3 Å². The summed E-state index contributed by atoms with van der Waals surface area (Å²) in [4.78, 5) is 22.0. The maximum atomic E-state index is 13.3. The zero-order chi connectivity index (χ0) is 17.6. The van der Waals surface area contributed by atoms with Gasteiger partial charge in [0.25, 0.3) is 5.92 Å². The minimum absolute atomic E-state index is 0.260. The molecule has 2 atom stereocenters. The minimum atomic E-state index is -2.47. The summed E-state index contributed by atoms with van der Waals surface area (Å²) in [5, 5.41) is 0. The van der Waals surface area contributed by atoms with Gasteiger partial charge >= 0.3 is 5.97 Å². The van der Waals surface area contributed by atoms with E-state index in [0.29, 0.717) is 26.2 Å². The van der Waals surface area contributed by atoms with E-state index < -0.39 is 23.7 Å². The largest absolute Gasteiger partial charge is 0.461 e. The minimum Gasteiger partial charge on any atom is -0.461 e. The molecule has 2 aromatic rings. The Labute approximate surface area is 143 Å². The van der Waals surface area contributed by atoms with Crippen molar-refractivity contribution in [2.45, 2.75) is 19.4 Å². The zero-order valence-corrected chi connectivity index (χ0v) is 13.7. The summed E-state index contributed by atoms with van der Waals surface area (Å²) < 4.78 is 33.2. The lowest BCUT2D eigenvalue weighted by Crippen LogP contribution is -2.27. The van der Waals surface area contributed by atoms with Gasteiger partial charge in [-0.15, -0.1) is 0 Å². The van der Waals surface area contributed by atoms with Gasteiger partial charge < -0.3 is 14.2 Å². The van der Waals surface area contributed by atoms with Crippen molar-refractivity contribution in [1.29, 1.82) is 0 Å². The van der Waals surface area contributed by atoms with E-state index in [-0.39, 0.29) is 5.69 Å². The van der Waals surface area contributed by atoms with Crippen molar-refractivity contribution in [3.63, 3.8) is 0 Å². The molecule has 1 saturated heterocycles. The first-order valence-corrected chi connectivity index (χ1v) is 8.25. The van der Waals surface area contributed by atoms with Crippen molar-refractivity contribution in [1.82, 2.24) is 14.5 Å². The van der Waals surface area contributed by atoms with Crippen LogP contribution in [0.1, 0.15) is 23.1 Å². The van der Waals surface area contributed by atoms with Crippen LogP contribution in [0.2, 0.25) is 0 Å². The number of nitrogens with zero attached hydrogens (tertiary/aromatic N) is 4. The molecule has 3 heterocycles. The quantitative estimate of drug-likeness (QED) is 0.776. The van der Waals surface area contributed by atoms with Crippen LogP contribution in [0.15, 0.2) is 30.9 Å². The maximum Gasteiger partial charge on any atom is 0.358 e. The fourth-order valence-corrected chi connectivity index (χ4v) is 3.36. The smallest absolute Gasteiger partial charge is 0.358 e. The summed E-state index contributed by atoms with van der Waals surface area (Å²) >= 11 is 0. The Morgan fingerprint density at radius 3 is 2.72 bits per heavy atom. The summed E-state index contributed by atoms with van der Waals surface area (Å²) in [5.41, 5.74) is 1.92. The number of hydrogen-bond donors (Lipinski definition) is 0. The number of halogens is 2. The Balaban J connectivity index is 1.38. The molecule has 2 fully saturated rings. The normalized spacial score (nSPS) is 23.4. The number of carbonyl (C=O) groups is 1. The van der Waals surface area contributed by atoms with E-state index in [2.05, 4.69) is 9.97 Å². The van der Waals surface area contributed by atoms with Crippen LogP contribution in [0.4, 0.5) is 14.5 Å². The van der Waals surface area contributed by atoms with Crippen LogP contribution < -0.4 is 4.90 Å². The third kappa shape index (κ3) is 2.85. The van der Waals surface area contributed by atoms with E-state index in [9.17, 15) is 13.6 Å². The standard InChI is InChI=1S/C17H18F2N4O2/c1-2-25-16(24)15-9-22(10-21-15)6-11-3-4-12(5-20-11)23-7-13-14(8-23)17(13,18)19/h3-5,9-10,13-14H,2,6-8H2,1H3. The molecule has 0 bridgehead atoms. The van der Waals surface area contributed by atoms with Gasteiger partial charge in [-0.05, 0) is 19.1 Å². The molecule has 0 N–H and O–H groups in total. The van der Waals surface area contributed by atoms with Crippen LogP contribution >= 0.6 is 0 Å². The molecule has 8 heteroatoms. The number of fused-ring (bicyclic) bond motifs is 1. The maximum absolute atomic E-state index is 13.3. The predicted molar refractivity (Wildman–Crippen MR) is 85.7 cm³/mol. The molecule has 2 aromatic heterocycles. The molecule has 1 saturated carbocycles. The van der Waals surface area contributed by atoms with Crippen LogP contribution in [0.25, 0.3) is 0 Å². The van der Waals surface area contributed by atoms with Crippen molar-refractivity contribution in [2.24, 2.45) is 11.8 Å². The Bertz CT molecular complexity index is 776. The van der Waals surface area contributed by atoms with Crippen LogP contribution in [0.3, 0.4) is 0 Å². The molecular formula is C17H18F2N4O2. The molecule has 1 aliphatic carbocycles. The van der Waals surface area contributed by atoms with Gasteiger partial charge in [0.1, 0.15) is 0 Å². The molecule has 2 unspecified atom stereocenters. The zero-order valence-electron chi connectivity index (χ0n) is 13.7. The van der Waals surface area contributed by atoms with Gasteiger partial charge in [-0.1, -0.05) is 0 Å². The van der Waals surface area contributed by atoms with E-state index in [1.165, 1.54) is 0 Å². The second-order valence-electron chi connectivity index (χ2n) is 6.45. The molecule has 25 heavy (non-hydrogen) atoms. The Kier molecular flexibility index (Phi) is 3.70. The highest BCUT2D eigenvalue weighted by atomic mass is 19.3. The van der Waals surface area contributed by atoms with E-state index in [4.69, 9.17) is 4.74 Å². The SMILES string of the molecule is CCOC(=O)c1cn(Cc2ccc(N3CC4C(C3)C4(F)F)cn2)cn1. The van der Waals surface area contributed by atoms with Gasteiger partial charge in [0.15, 0.2) is 5.69 Å². The lowest BCUT2D eigenvalue weighted by molar-refractivity contribution is 0.0520. The molecule has 0 amide bonds. The monoisotopic (exact) mass is 348 g/mol. The number of carbonyl (C=O) groups excluding carboxylic acids is 1. The number of hydrogen-bond acceptors (Lipinski definition) is 5. The molecule has 4 rings (SSSR count). The first kappa shape index (κ1) is 16.0. The van der Waals surface area contributed by atoms with Crippen molar-refractivity contribution in [3.8, 4) is 0 Å². The Morgan fingerprint density at radius 1 is 1.32 bits per heavy atom. The van der Waals surface area contributed by atoms with E-state index >= 15 is 0 Å².